The largest absolute Gasteiger partial charge is 0.467 e. The van der Waals surface area contributed by atoms with E-state index in [0.29, 0.717) is 16.6 Å². The molecular formula is C18H15ClN4O2. The predicted molar refractivity (Wildman–Crippen MR) is 96.8 cm³/mol. The molecule has 0 saturated heterocycles. The van der Waals surface area contributed by atoms with Crippen LogP contribution in [0.4, 0.5) is 0 Å². The summed E-state index contributed by atoms with van der Waals surface area (Å²) in [5.74, 6) is 1.20. The minimum atomic E-state index is 0.133. The van der Waals surface area contributed by atoms with Crippen LogP contribution in [-0.2, 0) is 11.8 Å². The number of halogens is 1. The van der Waals surface area contributed by atoms with E-state index in [0.717, 1.165) is 27.4 Å². The van der Waals surface area contributed by atoms with E-state index in [-0.39, 0.29) is 6.79 Å². The zero-order chi connectivity index (χ0) is 17.4. The van der Waals surface area contributed by atoms with Crippen LogP contribution in [0.5, 0.6) is 5.75 Å². The molecule has 4 aromatic rings. The fourth-order valence-electron chi connectivity index (χ4n) is 2.73. The first kappa shape index (κ1) is 15.8. The van der Waals surface area contributed by atoms with Crippen molar-refractivity contribution in [3.63, 3.8) is 0 Å². The maximum atomic E-state index is 6.03. The molecule has 0 spiro atoms. The van der Waals surface area contributed by atoms with Gasteiger partial charge < -0.3 is 9.47 Å². The van der Waals surface area contributed by atoms with E-state index in [1.165, 1.54) is 0 Å². The molecule has 0 aliphatic heterocycles. The van der Waals surface area contributed by atoms with Crippen molar-refractivity contribution in [2.24, 2.45) is 7.05 Å². The topological polar surface area (TPSA) is 62.1 Å². The van der Waals surface area contributed by atoms with Crippen LogP contribution in [0.15, 0.2) is 42.7 Å². The average Bonchev–Trinajstić information content (AvgIpc) is 2.97. The summed E-state index contributed by atoms with van der Waals surface area (Å²) in [5, 5.41) is 6.95. The number of hydrogen-bond acceptors (Lipinski definition) is 5. The molecule has 0 N–H and O–H groups in total. The number of aryl methyl sites for hydroxylation is 1. The van der Waals surface area contributed by atoms with Crippen molar-refractivity contribution >= 4 is 33.4 Å². The van der Waals surface area contributed by atoms with Gasteiger partial charge in [0.25, 0.3) is 0 Å². The van der Waals surface area contributed by atoms with Crippen molar-refractivity contribution in [1.29, 1.82) is 0 Å². The lowest BCUT2D eigenvalue weighted by Crippen LogP contribution is -2.01. The summed E-state index contributed by atoms with van der Waals surface area (Å²) in [6, 6.07) is 9.38. The highest BCUT2D eigenvalue weighted by molar-refractivity contribution is 6.31. The molecule has 25 heavy (non-hydrogen) atoms. The number of nitrogens with zero attached hydrogens (tertiary/aromatic N) is 4. The second-order valence-electron chi connectivity index (χ2n) is 5.66. The Bertz CT molecular complexity index is 1080. The quantitative estimate of drug-likeness (QED) is 0.521. The number of rotatable bonds is 4. The van der Waals surface area contributed by atoms with Gasteiger partial charge >= 0.3 is 0 Å². The molecule has 0 aliphatic carbocycles. The summed E-state index contributed by atoms with van der Waals surface area (Å²) < 4.78 is 12.5. The Morgan fingerprint density at radius 1 is 1.12 bits per heavy atom. The average molecular weight is 355 g/mol. The molecule has 0 saturated carbocycles. The van der Waals surface area contributed by atoms with Crippen molar-refractivity contribution in [3.05, 3.63) is 47.7 Å². The first-order valence-electron chi connectivity index (χ1n) is 7.66. The maximum Gasteiger partial charge on any atom is 0.188 e. The predicted octanol–water partition coefficient (Wildman–Crippen LogP) is 3.82. The molecule has 2 aromatic carbocycles. The van der Waals surface area contributed by atoms with E-state index in [1.807, 2.05) is 43.6 Å². The normalized spacial score (nSPS) is 11.3. The lowest BCUT2D eigenvalue weighted by molar-refractivity contribution is 0.0516. The van der Waals surface area contributed by atoms with Gasteiger partial charge in [-0.2, -0.15) is 5.10 Å². The van der Waals surface area contributed by atoms with Crippen LogP contribution in [0.2, 0.25) is 5.02 Å². The molecule has 7 heteroatoms. The Morgan fingerprint density at radius 2 is 2.00 bits per heavy atom. The lowest BCUT2D eigenvalue weighted by atomic mass is 10.1. The molecule has 0 amide bonds. The number of hydrogen-bond donors (Lipinski definition) is 0. The molecule has 0 atom stereocenters. The van der Waals surface area contributed by atoms with Gasteiger partial charge in [-0.05, 0) is 24.3 Å². The third kappa shape index (κ3) is 3.01. The Morgan fingerprint density at radius 3 is 2.84 bits per heavy atom. The second kappa shape index (κ2) is 6.31. The molecule has 0 fully saturated rings. The number of benzene rings is 2. The standard InChI is InChI=1S/C18H15ClN4O2/c1-23-9-12-6-14(17(25-10-24-2)7-16(12)22-23)18-20-8-11-5-13(19)3-4-15(11)21-18/h3-9H,10H2,1-2H3. The van der Waals surface area contributed by atoms with Crippen molar-refractivity contribution < 1.29 is 9.47 Å². The number of aromatic nitrogens is 4. The van der Waals surface area contributed by atoms with Gasteiger partial charge in [-0.15, -0.1) is 0 Å². The molecule has 0 unspecified atom stereocenters. The van der Waals surface area contributed by atoms with Crippen LogP contribution < -0.4 is 4.74 Å². The zero-order valence-corrected chi connectivity index (χ0v) is 14.5. The molecule has 4 rings (SSSR count). The van der Waals surface area contributed by atoms with Gasteiger partial charge in [-0.1, -0.05) is 11.6 Å². The van der Waals surface area contributed by atoms with Gasteiger partial charge in [0, 0.05) is 48.4 Å². The molecular weight excluding hydrogens is 340 g/mol. The SMILES string of the molecule is COCOc1cc2nn(C)cc2cc1-c1ncc2cc(Cl)ccc2n1. The van der Waals surface area contributed by atoms with Gasteiger partial charge in [0.05, 0.1) is 16.6 Å². The summed E-state index contributed by atoms with van der Waals surface area (Å²) >= 11 is 6.03. The van der Waals surface area contributed by atoms with Crippen LogP contribution >= 0.6 is 11.6 Å². The van der Waals surface area contributed by atoms with Crippen LogP contribution in [0.3, 0.4) is 0 Å². The molecule has 2 heterocycles. The van der Waals surface area contributed by atoms with Gasteiger partial charge in [0.1, 0.15) is 5.75 Å². The van der Waals surface area contributed by atoms with E-state index in [9.17, 15) is 0 Å². The van der Waals surface area contributed by atoms with E-state index in [1.54, 1.807) is 18.0 Å². The molecule has 126 valence electrons. The summed E-state index contributed by atoms with van der Waals surface area (Å²) in [6.45, 7) is 0.133. The second-order valence-corrected chi connectivity index (χ2v) is 6.09. The van der Waals surface area contributed by atoms with Crippen LogP contribution in [0.1, 0.15) is 0 Å². The van der Waals surface area contributed by atoms with Gasteiger partial charge in [0.2, 0.25) is 0 Å². The number of fused-ring (bicyclic) bond motifs is 2. The Labute approximate surface area is 149 Å². The molecule has 0 bridgehead atoms. The van der Waals surface area contributed by atoms with E-state index < -0.39 is 0 Å². The van der Waals surface area contributed by atoms with Crippen LogP contribution in [-0.4, -0.2) is 33.7 Å². The van der Waals surface area contributed by atoms with E-state index >= 15 is 0 Å². The number of methoxy groups -OCH3 is 1. The monoisotopic (exact) mass is 354 g/mol. The molecule has 6 nitrogen and oxygen atoms in total. The summed E-state index contributed by atoms with van der Waals surface area (Å²) in [6.07, 6.45) is 3.71. The minimum absolute atomic E-state index is 0.133. The first-order valence-corrected chi connectivity index (χ1v) is 8.03. The summed E-state index contributed by atoms with van der Waals surface area (Å²) in [5.41, 5.74) is 2.44. The van der Waals surface area contributed by atoms with Crippen molar-refractivity contribution in [3.8, 4) is 17.1 Å². The van der Waals surface area contributed by atoms with Crippen molar-refractivity contribution in [1.82, 2.24) is 19.7 Å². The fraction of sp³-hybridized carbons (Fsp3) is 0.167. The fourth-order valence-corrected chi connectivity index (χ4v) is 2.91. The van der Waals surface area contributed by atoms with Crippen molar-refractivity contribution in [2.75, 3.05) is 13.9 Å². The summed E-state index contributed by atoms with van der Waals surface area (Å²) in [4.78, 5) is 9.13. The Balaban J connectivity index is 1.89. The first-order chi connectivity index (χ1) is 12.1. The molecule has 2 aromatic heterocycles. The highest BCUT2D eigenvalue weighted by Crippen LogP contribution is 2.33. The van der Waals surface area contributed by atoms with Crippen molar-refractivity contribution in [2.45, 2.75) is 0 Å². The Hall–Kier alpha value is -2.70. The van der Waals surface area contributed by atoms with Crippen LogP contribution in [0.25, 0.3) is 33.2 Å². The Kier molecular flexibility index (Phi) is 3.99. The minimum Gasteiger partial charge on any atom is -0.467 e. The highest BCUT2D eigenvalue weighted by Gasteiger charge is 2.14. The number of ether oxygens (including phenoxy) is 2. The third-order valence-corrected chi connectivity index (χ3v) is 4.07. The smallest absolute Gasteiger partial charge is 0.188 e. The third-order valence-electron chi connectivity index (χ3n) is 3.84. The van der Waals surface area contributed by atoms with E-state index in [2.05, 4.69) is 15.1 Å². The van der Waals surface area contributed by atoms with Gasteiger partial charge in [-0.25, -0.2) is 9.97 Å². The van der Waals surface area contributed by atoms with Crippen LogP contribution in [0, 0.1) is 0 Å². The maximum absolute atomic E-state index is 6.03. The molecule has 0 radical (unpaired) electrons. The molecule has 0 aliphatic rings. The lowest BCUT2D eigenvalue weighted by Gasteiger charge is -2.10. The van der Waals surface area contributed by atoms with E-state index in [4.69, 9.17) is 21.1 Å². The zero-order valence-electron chi connectivity index (χ0n) is 13.7. The summed E-state index contributed by atoms with van der Waals surface area (Å²) in [7, 11) is 3.46. The van der Waals surface area contributed by atoms with Gasteiger partial charge in [-0.3, -0.25) is 4.68 Å². The highest BCUT2D eigenvalue weighted by atomic mass is 35.5. The van der Waals surface area contributed by atoms with Gasteiger partial charge in [0.15, 0.2) is 12.6 Å².